The maximum absolute atomic E-state index is 11.6. The Kier molecular flexibility index (Phi) is 3.89. The van der Waals surface area contributed by atoms with Crippen LogP contribution < -0.4 is 15.2 Å². The summed E-state index contributed by atoms with van der Waals surface area (Å²) >= 11 is 0. The molecule has 6 nitrogen and oxygen atoms in total. The number of nitrogens with one attached hydrogen (secondary N) is 3. The van der Waals surface area contributed by atoms with Crippen LogP contribution in [0.15, 0.2) is 0 Å². The highest BCUT2D eigenvalue weighted by Gasteiger charge is 2.29. The van der Waals surface area contributed by atoms with Crippen LogP contribution in [0.4, 0.5) is 0 Å². The predicted molar refractivity (Wildman–Crippen MR) is 60.9 cm³/mol. The van der Waals surface area contributed by atoms with Gasteiger partial charge in [0.25, 0.3) is 10.2 Å². The van der Waals surface area contributed by atoms with Crippen LogP contribution in [0.2, 0.25) is 0 Å². The summed E-state index contributed by atoms with van der Waals surface area (Å²) in [6.07, 6.45) is 0. The zero-order valence-electron chi connectivity index (χ0n) is 9.80. The number of rotatable bonds is 4. The van der Waals surface area contributed by atoms with Crippen molar-refractivity contribution >= 4 is 16.0 Å². The number of hydrogen-bond acceptors (Lipinski definition) is 3. The maximum atomic E-state index is 11.6. The summed E-state index contributed by atoms with van der Waals surface area (Å²) in [6, 6.07) is 0. The summed E-state index contributed by atoms with van der Waals surface area (Å²) < 4.78 is 27.9. The van der Waals surface area contributed by atoms with Crippen LogP contribution in [-0.4, -0.2) is 25.3 Å². The van der Waals surface area contributed by atoms with E-state index in [4.69, 9.17) is 11.1 Å². The summed E-state index contributed by atoms with van der Waals surface area (Å²) in [4.78, 5) is 0. The van der Waals surface area contributed by atoms with Crippen LogP contribution in [0.5, 0.6) is 0 Å². The summed E-state index contributed by atoms with van der Waals surface area (Å²) in [5.41, 5.74) is 3.61. The molecule has 0 fully saturated rings. The van der Waals surface area contributed by atoms with Crippen molar-refractivity contribution in [3.05, 3.63) is 0 Å². The highest BCUT2D eigenvalue weighted by atomic mass is 32.2. The monoisotopic (exact) mass is 236 g/mol. The van der Waals surface area contributed by atoms with E-state index in [0.29, 0.717) is 0 Å². The highest BCUT2D eigenvalue weighted by Crippen LogP contribution is 2.06. The average Bonchev–Trinajstić information content (AvgIpc) is 1.75. The fourth-order valence-corrected chi connectivity index (χ4v) is 2.46. The van der Waals surface area contributed by atoms with Crippen molar-refractivity contribution in [2.75, 3.05) is 0 Å². The molecule has 0 atom stereocenters. The smallest absolute Gasteiger partial charge is 0.278 e. The molecule has 0 radical (unpaired) electrons. The molecule has 0 aromatic rings. The molecule has 0 aliphatic heterocycles. The van der Waals surface area contributed by atoms with Gasteiger partial charge in [0, 0.05) is 5.54 Å². The molecule has 0 aromatic carbocycles. The van der Waals surface area contributed by atoms with Crippen molar-refractivity contribution in [2.45, 2.75) is 45.7 Å². The first-order valence-corrected chi connectivity index (χ1v) is 6.01. The predicted octanol–water partition coefficient (Wildman–Crippen LogP) is -0.0765. The molecule has 5 N–H and O–H groups in total. The fourth-order valence-electron chi connectivity index (χ4n) is 0.819. The van der Waals surface area contributed by atoms with Crippen LogP contribution >= 0.6 is 0 Å². The Bertz CT molecular complexity index is 340. The highest BCUT2D eigenvalue weighted by molar-refractivity contribution is 7.87. The standard InChI is InChI=1S/C8H20N4O2S/c1-7(2,3)11-15(13,14)12-8(4,5)6(9)10/h11-12H,1-5H3,(H3,9,10). The number of nitrogens with two attached hydrogens (primary N) is 1. The van der Waals surface area contributed by atoms with Gasteiger partial charge in [-0.05, 0) is 34.6 Å². The lowest BCUT2D eigenvalue weighted by molar-refractivity contribution is 0.470. The molecule has 15 heavy (non-hydrogen) atoms. The van der Waals surface area contributed by atoms with E-state index >= 15 is 0 Å². The summed E-state index contributed by atoms with van der Waals surface area (Å²) in [5, 5.41) is 7.23. The molecule has 0 aliphatic rings. The Morgan fingerprint density at radius 3 is 1.80 bits per heavy atom. The molecule has 0 spiro atoms. The molecule has 0 heterocycles. The third-order valence-electron chi connectivity index (χ3n) is 1.50. The fraction of sp³-hybridized carbons (Fsp3) is 0.875. The van der Waals surface area contributed by atoms with Gasteiger partial charge in [-0.1, -0.05) is 0 Å². The molecule has 0 saturated carbocycles. The lowest BCUT2D eigenvalue weighted by Crippen LogP contribution is -2.58. The first kappa shape index (κ1) is 14.3. The second kappa shape index (κ2) is 4.07. The van der Waals surface area contributed by atoms with Gasteiger partial charge in [0.1, 0.15) is 5.84 Å². The number of amidine groups is 1. The van der Waals surface area contributed by atoms with Gasteiger partial charge < -0.3 is 5.73 Å². The Labute approximate surface area is 91.3 Å². The minimum atomic E-state index is -3.66. The van der Waals surface area contributed by atoms with Crippen LogP contribution in [0.1, 0.15) is 34.6 Å². The van der Waals surface area contributed by atoms with Crippen molar-refractivity contribution < 1.29 is 8.42 Å². The van der Waals surface area contributed by atoms with Gasteiger partial charge in [0.2, 0.25) is 0 Å². The van der Waals surface area contributed by atoms with E-state index in [2.05, 4.69) is 9.44 Å². The lowest BCUT2D eigenvalue weighted by Gasteiger charge is -2.27. The van der Waals surface area contributed by atoms with Crippen LogP contribution in [0.25, 0.3) is 0 Å². The van der Waals surface area contributed by atoms with Gasteiger partial charge >= 0.3 is 0 Å². The van der Waals surface area contributed by atoms with E-state index in [-0.39, 0.29) is 5.84 Å². The molecule has 0 bridgehead atoms. The second-order valence-electron chi connectivity index (χ2n) is 5.00. The first-order chi connectivity index (χ1) is 6.36. The van der Waals surface area contributed by atoms with E-state index in [9.17, 15) is 8.42 Å². The van der Waals surface area contributed by atoms with Gasteiger partial charge in [0.05, 0.1) is 5.54 Å². The molecule has 0 saturated heterocycles. The molecular formula is C8H20N4O2S. The van der Waals surface area contributed by atoms with E-state index in [1.807, 2.05) is 0 Å². The minimum absolute atomic E-state index is 0.234. The summed E-state index contributed by atoms with van der Waals surface area (Å²) in [5.74, 6) is -0.234. The Morgan fingerprint density at radius 2 is 1.53 bits per heavy atom. The molecule has 0 unspecified atom stereocenters. The van der Waals surface area contributed by atoms with E-state index < -0.39 is 21.3 Å². The largest absolute Gasteiger partial charge is 0.386 e. The molecule has 90 valence electrons. The Hall–Kier alpha value is -0.660. The minimum Gasteiger partial charge on any atom is -0.386 e. The lowest BCUT2D eigenvalue weighted by atomic mass is 10.1. The van der Waals surface area contributed by atoms with Crippen molar-refractivity contribution in [3.8, 4) is 0 Å². The molecule has 7 heteroatoms. The third-order valence-corrected chi connectivity index (χ3v) is 3.16. The molecule has 0 rings (SSSR count). The van der Waals surface area contributed by atoms with Crippen molar-refractivity contribution in [1.82, 2.24) is 9.44 Å². The van der Waals surface area contributed by atoms with E-state index in [1.165, 1.54) is 13.8 Å². The second-order valence-corrected chi connectivity index (χ2v) is 6.41. The van der Waals surface area contributed by atoms with Crippen molar-refractivity contribution in [3.63, 3.8) is 0 Å². The molecule has 0 aliphatic carbocycles. The Morgan fingerprint density at radius 1 is 1.13 bits per heavy atom. The molecule has 0 amide bonds. The Balaban J connectivity index is 4.75. The van der Waals surface area contributed by atoms with Crippen LogP contribution in [-0.2, 0) is 10.2 Å². The average molecular weight is 236 g/mol. The van der Waals surface area contributed by atoms with Crippen LogP contribution in [0, 0.1) is 5.41 Å². The SMILES string of the molecule is CC(C)(C)NS(=O)(=O)NC(C)(C)C(=N)N. The summed E-state index contributed by atoms with van der Waals surface area (Å²) in [6.45, 7) is 8.24. The molecule has 0 aromatic heterocycles. The zero-order chi connectivity index (χ0) is 12.5. The van der Waals surface area contributed by atoms with Crippen molar-refractivity contribution in [2.24, 2.45) is 5.73 Å². The van der Waals surface area contributed by atoms with Gasteiger partial charge in [-0.25, -0.2) is 0 Å². The number of hydrogen-bond donors (Lipinski definition) is 4. The molecular weight excluding hydrogens is 216 g/mol. The normalized spacial score (nSPS) is 13.9. The zero-order valence-corrected chi connectivity index (χ0v) is 10.6. The first-order valence-electron chi connectivity index (χ1n) is 4.53. The summed E-state index contributed by atoms with van der Waals surface area (Å²) in [7, 11) is -3.66. The van der Waals surface area contributed by atoms with Crippen LogP contribution in [0.3, 0.4) is 0 Å². The van der Waals surface area contributed by atoms with E-state index in [0.717, 1.165) is 0 Å². The van der Waals surface area contributed by atoms with Gasteiger partial charge in [-0.2, -0.15) is 17.9 Å². The van der Waals surface area contributed by atoms with Crippen molar-refractivity contribution in [1.29, 1.82) is 5.41 Å². The van der Waals surface area contributed by atoms with Gasteiger partial charge in [-0.3, -0.25) is 5.41 Å². The van der Waals surface area contributed by atoms with Gasteiger partial charge in [0.15, 0.2) is 0 Å². The quantitative estimate of drug-likeness (QED) is 0.405. The third kappa shape index (κ3) is 5.71. The van der Waals surface area contributed by atoms with Gasteiger partial charge in [-0.15, -0.1) is 0 Å². The van der Waals surface area contributed by atoms with E-state index in [1.54, 1.807) is 20.8 Å². The topological polar surface area (TPSA) is 108 Å². The maximum Gasteiger partial charge on any atom is 0.278 e.